The van der Waals surface area contributed by atoms with Gasteiger partial charge >= 0.3 is 0 Å². The molecule has 0 bridgehead atoms. The molecule has 2 aliphatic rings. The topological polar surface area (TPSA) is 34.1 Å². The Morgan fingerprint density at radius 1 is 0.368 bits per heavy atom. The summed E-state index contributed by atoms with van der Waals surface area (Å²) in [4.78, 5) is 27.3. The van der Waals surface area contributed by atoms with Crippen LogP contribution in [0.15, 0.2) is 84.9 Å². The van der Waals surface area contributed by atoms with Gasteiger partial charge in [0, 0.05) is 33.0 Å². The third-order valence-electron chi connectivity index (χ3n) is 8.45. The monoisotopic (exact) mass is 524 g/mol. The van der Waals surface area contributed by atoms with Crippen LogP contribution in [-0.2, 0) is 0 Å². The van der Waals surface area contributed by atoms with E-state index >= 15 is 0 Å². The summed E-state index contributed by atoms with van der Waals surface area (Å²) in [6.45, 7) is 0. The average molecular weight is 525 g/mol. The number of halogens is 2. The van der Waals surface area contributed by atoms with Crippen molar-refractivity contribution in [3.63, 3.8) is 0 Å². The zero-order valence-corrected chi connectivity index (χ0v) is 21.2. The third kappa shape index (κ3) is 2.24. The van der Waals surface area contributed by atoms with Gasteiger partial charge in [0.25, 0.3) is 0 Å². The first-order valence-corrected chi connectivity index (χ1v) is 13.2. The first-order chi connectivity index (χ1) is 18.5. The maximum atomic E-state index is 13.7. The van der Waals surface area contributed by atoms with E-state index in [1.54, 1.807) is 12.1 Å². The second kappa shape index (κ2) is 6.79. The van der Waals surface area contributed by atoms with Gasteiger partial charge in [-0.05, 0) is 78.8 Å². The van der Waals surface area contributed by atoms with Gasteiger partial charge in [-0.1, -0.05) is 83.9 Å². The minimum atomic E-state index is -0.0445. The van der Waals surface area contributed by atoms with Crippen molar-refractivity contribution >= 4 is 77.9 Å². The van der Waals surface area contributed by atoms with Gasteiger partial charge in [0.2, 0.25) is 0 Å². The zero-order chi connectivity index (χ0) is 25.4. The number of carbonyl (C=O) groups is 2. The maximum absolute atomic E-state index is 13.7. The smallest absolute Gasteiger partial charge is 0.195 e. The van der Waals surface area contributed by atoms with E-state index < -0.39 is 0 Å². The fourth-order valence-corrected chi connectivity index (χ4v) is 7.46. The van der Waals surface area contributed by atoms with E-state index in [-0.39, 0.29) is 11.6 Å². The lowest BCUT2D eigenvalue weighted by molar-refractivity contribution is 0.103. The Morgan fingerprint density at radius 2 is 0.737 bits per heavy atom. The standard InChI is InChI=1S/C34H14Cl2O2/c35-25-5-1-3-15-17-7-9-19-22-12-14-24-30-18(16-4-2-6-26(36)32(16)34(24)38)8-10-20(28(22)30)21-11-13-23(29(17)27(19)21)33(37)31(15)25/h1-14H. The van der Waals surface area contributed by atoms with E-state index in [0.717, 1.165) is 65.3 Å². The molecule has 9 rings (SSSR count). The molecule has 2 aliphatic carbocycles. The van der Waals surface area contributed by atoms with Gasteiger partial charge in [0.15, 0.2) is 11.6 Å². The van der Waals surface area contributed by atoms with Crippen molar-refractivity contribution < 1.29 is 9.59 Å². The molecule has 0 N–H and O–H groups in total. The number of hydrogen-bond donors (Lipinski definition) is 0. The minimum Gasteiger partial charge on any atom is -0.289 e. The summed E-state index contributed by atoms with van der Waals surface area (Å²) in [5, 5.41) is 9.29. The predicted octanol–water partition coefficient (Wildman–Crippen LogP) is 9.47. The van der Waals surface area contributed by atoms with Crippen molar-refractivity contribution in [1.82, 2.24) is 0 Å². The highest BCUT2D eigenvalue weighted by Crippen LogP contribution is 2.51. The summed E-state index contributed by atoms with van der Waals surface area (Å²) in [5.41, 5.74) is 6.26. The van der Waals surface area contributed by atoms with Gasteiger partial charge in [-0.25, -0.2) is 0 Å². The lowest BCUT2D eigenvalue weighted by Gasteiger charge is -2.26. The first-order valence-electron chi connectivity index (χ1n) is 12.4. The lowest BCUT2D eigenvalue weighted by atomic mass is 9.76. The molecule has 0 unspecified atom stereocenters. The van der Waals surface area contributed by atoms with Crippen LogP contribution in [-0.4, -0.2) is 11.6 Å². The number of benzene rings is 7. The maximum Gasteiger partial charge on any atom is 0.195 e. The molecular formula is C34H14Cl2O2. The molecule has 7 aromatic carbocycles. The van der Waals surface area contributed by atoms with Crippen molar-refractivity contribution in [2.24, 2.45) is 0 Å². The third-order valence-corrected chi connectivity index (χ3v) is 9.08. The van der Waals surface area contributed by atoms with E-state index in [9.17, 15) is 9.59 Å². The van der Waals surface area contributed by atoms with Gasteiger partial charge in [-0.15, -0.1) is 0 Å². The molecule has 2 nitrogen and oxygen atoms in total. The summed E-state index contributed by atoms with van der Waals surface area (Å²) in [6.07, 6.45) is 0. The number of hydrogen-bond acceptors (Lipinski definition) is 2. The van der Waals surface area contributed by atoms with Gasteiger partial charge in [-0.2, -0.15) is 0 Å². The molecular weight excluding hydrogens is 511 g/mol. The Bertz CT molecular complexity index is 2110. The van der Waals surface area contributed by atoms with Crippen molar-refractivity contribution in [2.45, 2.75) is 0 Å². The van der Waals surface area contributed by atoms with E-state index in [0.29, 0.717) is 32.3 Å². The van der Waals surface area contributed by atoms with Crippen molar-refractivity contribution in [3.8, 4) is 22.3 Å². The number of ketones is 2. The largest absolute Gasteiger partial charge is 0.289 e. The van der Waals surface area contributed by atoms with Gasteiger partial charge in [0.05, 0.1) is 10.0 Å². The minimum absolute atomic E-state index is 0.0445. The van der Waals surface area contributed by atoms with E-state index in [4.69, 9.17) is 23.2 Å². The molecule has 0 atom stereocenters. The number of carbonyl (C=O) groups excluding carboxylic acids is 2. The highest BCUT2D eigenvalue weighted by atomic mass is 35.5. The SMILES string of the molecule is O=C1c2c(Cl)cccc2-c2ccc3c4ccc5c6c(ccc(c7ccc1c2c73)c64)-c1cccc(Cl)c1C5=O. The van der Waals surface area contributed by atoms with Gasteiger partial charge < -0.3 is 0 Å². The molecule has 0 aromatic heterocycles. The molecule has 0 radical (unpaired) electrons. The molecule has 0 fully saturated rings. The lowest BCUT2D eigenvalue weighted by Crippen LogP contribution is -2.12. The molecule has 4 heteroatoms. The Morgan fingerprint density at radius 3 is 1.13 bits per heavy atom. The van der Waals surface area contributed by atoms with Crippen LogP contribution < -0.4 is 0 Å². The molecule has 38 heavy (non-hydrogen) atoms. The molecule has 0 aliphatic heterocycles. The van der Waals surface area contributed by atoms with Gasteiger partial charge in [-0.3, -0.25) is 9.59 Å². The summed E-state index contributed by atoms with van der Waals surface area (Å²) in [7, 11) is 0. The Balaban J connectivity index is 1.51. The molecule has 0 saturated carbocycles. The van der Waals surface area contributed by atoms with Gasteiger partial charge in [0.1, 0.15) is 0 Å². The quantitative estimate of drug-likeness (QED) is 0.146. The summed E-state index contributed by atoms with van der Waals surface area (Å²) in [5.74, 6) is -0.0890. The van der Waals surface area contributed by atoms with Crippen molar-refractivity contribution in [2.75, 3.05) is 0 Å². The Kier molecular flexibility index (Phi) is 3.71. The fourth-order valence-electron chi connectivity index (χ4n) is 6.94. The summed E-state index contributed by atoms with van der Waals surface area (Å²) in [6, 6.07) is 27.7. The number of rotatable bonds is 0. The molecule has 7 aromatic rings. The first kappa shape index (κ1) is 20.8. The van der Waals surface area contributed by atoms with Crippen LogP contribution in [0.2, 0.25) is 10.0 Å². The predicted molar refractivity (Wildman–Crippen MR) is 155 cm³/mol. The van der Waals surface area contributed by atoms with Crippen LogP contribution in [0.3, 0.4) is 0 Å². The molecule has 176 valence electrons. The molecule has 0 spiro atoms. The zero-order valence-electron chi connectivity index (χ0n) is 19.7. The van der Waals surface area contributed by atoms with Crippen LogP contribution in [0.1, 0.15) is 31.8 Å². The summed E-state index contributed by atoms with van der Waals surface area (Å²) < 4.78 is 0. The second-order valence-corrected chi connectivity index (χ2v) is 10.9. The van der Waals surface area contributed by atoms with Crippen LogP contribution >= 0.6 is 23.2 Å². The van der Waals surface area contributed by atoms with Crippen molar-refractivity contribution in [3.05, 3.63) is 117 Å². The second-order valence-electron chi connectivity index (χ2n) is 10.1. The Labute approximate surface area is 226 Å². The Hall–Kier alpha value is -4.24. The van der Waals surface area contributed by atoms with Crippen molar-refractivity contribution in [1.29, 1.82) is 0 Å². The van der Waals surface area contributed by atoms with Crippen LogP contribution in [0, 0.1) is 0 Å². The molecule has 0 heterocycles. The number of fused-ring (bicyclic) bond motifs is 6. The van der Waals surface area contributed by atoms with E-state index in [2.05, 4.69) is 24.3 Å². The average Bonchev–Trinajstić information content (AvgIpc) is 2.93. The van der Waals surface area contributed by atoms with E-state index in [1.165, 1.54) is 0 Å². The molecule has 0 amide bonds. The normalized spacial score (nSPS) is 13.6. The van der Waals surface area contributed by atoms with E-state index in [1.807, 2.05) is 48.5 Å². The fraction of sp³-hybridized carbons (Fsp3) is 0. The highest BCUT2D eigenvalue weighted by molar-refractivity contribution is 6.44. The van der Waals surface area contributed by atoms with Crippen LogP contribution in [0.5, 0.6) is 0 Å². The summed E-state index contributed by atoms with van der Waals surface area (Å²) >= 11 is 13.0. The highest BCUT2D eigenvalue weighted by Gasteiger charge is 2.32. The van der Waals surface area contributed by atoms with Crippen LogP contribution in [0.4, 0.5) is 0 Å². The van der Waals surface area contributed by atoms with Crippen LogP contribution in [0.25, 0.3) is 65.3 Å². The molecule has 0 saturated heterocycles.